The largest absolute Gasteiger partial charge is 0.272 e. The van der Waals surface area contributed by atoms with Crippen LogP contribution < -0.4 is 0 Å². The summed E-state index contributed by atoms with van der Waals surface area (Å²) in [7, 11) is 0. The van der Waals surface area contributed by atoms with Gasteiger partial charge in [0.25, 0.3) is 5.91 Å². The molecule has 0 saturated heterocycles. The molecule has 0 aliphatic rings. The van der Waals surface area contributed by atoms with E-state index in [4.69, 9.17) is 0 Å². The van der Waals surface area contributed by atoms with Crippen LogP contribution in [0.15, 0.2) is 41.4 Å². The van der Waals surface area contributed by atoms with E-state index in [1.807, 2.05) is 0 Å². The molecule has 15 heavy (non-hydrogen) atoms. The van der Waals surface area contributed by atoms with Crippen LogP contribution in [-0.4, -0.2) is 15.5 Å². The molecule has 0 amide bonds. The molecule has 0 N–H and O–H groups in total. The van der Waals surface area contributed by atoms with E-state index < -0.39 is 5.82 Å². The van der Waals surface area contributed by atoms with Gasteiger partial charge in [-0.05, 0) is 18.2 Å². The molecule has 5 heteroatoms. The van der Waals surface area contributed by atoms with Crippen molar-refractivity contribution in [1.29, 1.82) is 0 Å². The average Bonchev–Trinajstić information content (AvgIpc) is 2.67. The van der Waals surface area contributed by atoms with E-state index in [1.165, 1.54) is 35.4 Å². The van der Waals surface area contributed by atoms with Crippen LogP contribution >= 0.6 is 15.9 Å². The molecule has 3 nitrogen and oxygen atoms in total. The maximum Gasteiger partial charge on any atom is 0.263 e. The van der Waals surface area contributed by atoms with Crippen LogP contribution in [0.5, 0.6) is 0 Å². The van der Waals surface area contributed by atoms with Crippen molar-refractivity contribution >= 4 is 21.8 Å². The molecule has 0 radical (unpaired) electrons. The fourth-order valence-electron chi connectivity index (χ4n) is 1.21. The van der Waals surface area contributed by atoms with Crippen LogP contribution in [-0.2, 0) is 0 Å². The Kier molecular flexibility index (Phi) is 2.64. The number of rotatable bonds is 1. The maximum absolute atomic E-state index is 13.0. The third-order valence-corrected chi connectivity index (χ3v) is 2.31. The number of aromatic nitrogens is 2. The number of benzene rings is 1. The minimum absolute atomic E-state index is 0.278. The highest BCUT2D eigenvalue weighted by atomic mass is 79.9. The van der Waals surface area contributed by atoms with Gasteiger partial charge >= 0.3 is 0 Å². The molecule has 0 bridgehead atoms. The number of carbonyl (C=O) groups is 1. The predicted molar refractivity (Wildman–Crippen MR) is 56.1 cm³/mol. The summed E-state index contributed by atoms with van der Waals surface area (Å²) in [5.41, 5.74) is 0.278. The minimum atomic E-state index is -0.451. The summed E-state index contributed by atoms with van der Waals surface area (Å²) in [6, 6.07) is 4.04. The molecule has 1 aromatic carbocycles. The van der Waals surface area contributed by atoms with E-state index in [0.717, 1.165) is 0 Å². The van der Waals surface area contributed by atoms with Crippen molar-refractivity contribution in [3.8, 4) is 0 Å². The number of halogens is 2. The van der Waals surface area contributed by atoms with Gasteiger partial charge < -0.3 is 0 Å². The van der Waals surface area contributed by atoms with Gasteiger partial charge in [-0.15, -0.1) is 0 Å². The average molecular weight is 269 g/mol. The number of nitrogens with zero attached hydrogens (tertiary/aromatic N) is 2. The van der Waals surface area contributed by atoms with E-state index in [2.05, 4.69) is 20.9 Å². The van der Waals surface area contributed by atoms with Crippen molar-refractivity contribution < 1.29 is 9.18 Å². The Morgan fingerprint density at radius 2 is 2.20 bits per heavy atom. The van der Waals surface area contributed by atoms with Gasteiger partial charge in [-0.1, -0.05) is 15.9 Å². The first-order chi connectivity index (χ1) is 7.16. The molecular formula is C10H6BrFN2O. The molecule has 1 heterocycles. The van der Waals surface area contributed by atoms with Crippen LogP contribution in [0.25, 0.3) is 0 Å². The van der Waals surface area contributed by atoms with Gasteiger partial charge in [0.05, 0.1) is 0 Å². The van der Waals surface area contributed by atoms with E-state index in [9.17, 15) is 9.18 Å². The normalized spacial score (nSPS) is 10.3. The highest BCUT2D eigenvalue weighted by molar-refractivity contribution is 9.10. The lowest BCUT2D eigenvalue weighted by atomic mass is 10.2. The Bertz CT molecular complexity index is 476. The topological polar surface area (TPSA) is 34.9 Å². The number of carbonyl (C=O) groups excluding carboxylic acids is 1. The smallest absolute Gasteiger partial charge is 0.263 e. The Morgan fingerprint density at radius 1 is 1.40 bits per heavy atom. The lowest BCUT2D eigenvalue weighted by molar-refractivity contribution is 0.0959. The maximum atomic E-state index is 13.0. The quantitative estimate of drug-likeness (QED) is 0.797. The van der Waals surface area contributed by atoms with Crippen LogP contribution in [0.1, 0.15) is 10.4 Å². The molecule has 0 aliphatic carbocycles. The summed E-state index contributed by atoms with van der Waals surface area (Å²) >= 11 is 3.13. The Balaban J connectivity index is 2.42. The summed E-state index contributed by atoms with van der Waals surface area (Å²) in [4.78, 5) is 15.5. The number of hydrogen-bond acceptors (Lipinski definition) is 2. The molecule has 0 spiro atoms. The molecule has 76 valence electrons. The fraction of sp³-hybridized carbons (Fsp3) is 0. The second kappa shape index (κ2) is 3.94. The van der Waals surface area contributed by atoms with Gasteiger partial charge in [-0.2, -0.15) is 0 Å². The van der Waals surface area contributed by atoms with Gasteiger partial charge in [0, 0.05) is 22.4 Å². The van der Waals surface area contributed by atoms with Gasteiger partial charge in [0.15, 0.2) is 0 Å². The molecule has 0 atom stereocenters. The number of hydrogen-bond donors (Lipinski definition) is 0. The molecule has 0 fully saturated rings. The van der Waals surface area contributed by atoms with E-state index in [-0.39, 0.29) is 11.5 Å². The Hall–Kier alpha value is -1.49. The molecule has 0 aliphatic heterocycles. The first kappa shape index (κ1) is 10.0. The van der Waals surface area contributed by atoms with E-state index in [1.54, 1.807) is 6.07 Å². The van der Waals surface area contributed by atoms with Crippen LogP contribution in [0, 0.1) is 5.82 Å². The standard InChI is InChI=1S/C10H6BrFN2O/c11-8-3-7(4-9(12)5-8)10(15)14-2-1-13-6-14/h1-6H. The van der Waals surface area contributed by atoms with Crippen LogP contribution in [0.2, 0.25) is 0 Å². The minimum Gasteiger partial charge on any atom is -0.272 e. The van der Waals surface area contributed by atoms with Crippen molar-refractivity contribution in [2.24, 2.45) is 0 Å². The molecule has 2 aromatic rings. The third kappa shape index (κ3) is 2.12. The first-order valence-electron chi connectivity index (χ1n) is 4.15. The van der Waals surface area contributed by atoms with Gasteiger partial charge in [-0.25, -0.2) is 9.37 Å². The van der Waals surface area contributed by atoms with Crippen LogP contribution in [0.4, 0.5) is 4.39 Å². The van der Waals surface area contributed by atoms with Gasteiger partial charge in [0.2, 0.25) is 0 Å². The Morgan fingerprint density at radius 3 is 2.80 bits per heavy atom. The zero-order valence-corrected chi connectivity index (χ0v) is 9.11. The van der Waals surface area contributed by atoms with Crippen molar-refractivity contribution in [2.45, 2.75) is 0 Å². The highest BCUT2D eigenvalue weighted by Crippen LogP contribution is 2.15. The summed E-state index contributed by atoms with van der Waals surface area (Å²) in [5.74, 6) is -0.763. The number of imidazole rings is 1. The molecule has 0 saturated carbocycles. The summed E-state index contributed by atoms with van der Waals surface area (Å²) in [6.45, 7) is 0. The van der Waals surface area contributed by atoms with Crippen molar-refractivity contribution in [3.63, 3.8) is 0 Å². The highest BCUT2D eigenvalue weighted by Gasteiger charge is 2.09. The third-order valence-electron chi connectivity index (χ3n) is 1.85. The van der Waals surface area contributed by atoms with E-state index >= 15 is 0 Å². The molecule has 1 aromatic heterocycles. The SMILES string of the molecule is O=C(c1cc(F)cc(Br)c1)n1ccnc1. The van der Waals surface area contributed by atoms with Gasteiger partial charge in [-0.3, -0.25) is 9.36 Å². The zero-order valence-electron chi connectivity index (χ0n) is 7.52. The molecule has 0 unspecified atom stereocenters. The Labute approximate surface area is 93.7 Å². The lowest BCUT2D eigenvalue weighted by Gasteiger charge is -2.01. The van der Waals surface area contributed by atoms with Crippen LogP contribution in [0.3, 0.4) is 0 Å². The lowest BCUT2D eigenvalue weighted by Crippen LogP contribution is -2.09. The predicted octanol–water partition coefficient (Wildman–Crippen LogP) is 2.47. The second-order valence-corrected chi connectivity index (χ2v) is 3.85. The second-order valence-electron chi connectivity index (χ2n) is 2.93. The zero-order chi connectivity index (χ0) is 10.8. The summed E-state index contributed by atoms with van der Waals surface area (Å²) in [6.07, 6.45) is 4.38. The first-order valence-corrected chi connectivity index (χ1v) is 4.95. The van der Waals surface area contributed by atoms with Crippen molar-refractivity contribution in [3.05, 3.63) is 52.8 Å². The molecule has 2 rings (SSSR count). The van der Waals surface area contributed by atoms with Crippen molar-refractivity contribution in [1.82, 2.24) is 9.55 Å². The summed E-state index contributed by atoms with van der Waals surface area (Å²) < 4.78 is 14.8. The fourth-order valence-corrected chi connectivity index (χ4v) is 1.67. The van der Waals surface area contributed by atoms with Crippen molar-refractivity contribution in [2.75, 3.05) is 0 Å². The molecular weight excluding hydrogens is 263 g/mol. The monoisotopic (exact) mass is 268 g/mol. The summed E-state index contributed by atoms with van der Waals surface area (Å²) in [5, 5.41) is 0. The van der Waals surface area contributed by atoms with Gasteiger partial charge in [0.1, 0.15) is 12.1 Å². The van der Waals surface area contributed by atoms with E-state index in [0.29, 0.717) is 4.47 Å².